The lowest BCUT2D eigenvalue weighted by Crippen LogP contribution is -2.34. The molecule has 1 amide bonds. The molecule has 3 aromatic carbocycles. The monoisotopic (exact) mass is 435 g/mol. The van der Waals surface area contributed by atoms with Crippen LogP contribution in [-0.4, -0.2) is 20.2 Å². The molecular weight excluding hydrogens is 414 g/mol. The largest absolute Gasteiger partial charge is 0.324 e. The molecular formula is C24H22ClN3OS. The fourth-order valence-electron chi connectivity index (χ4n) is 3.17. The first-order chi connectivity index (χ1) is 14.3. The molecule has 0 unspecified atom stereocenters. The normalized spacial score (nSPS) is 11.6. The molecule has 0 aliphatic carbocycles. The highest BCUT2D eigenvalue weighted by atomic mass is 35.5. The van der Waals surface area contributed by atoms with Crippen LogP contribution >= 0.6 is 23.4 Å². The van der Waals surface area contributed by atoms with Gasteiger partial charge in [0.25, 0.3) is 0 Å². The number of rotatable bonds is 5. The second-order valence-electron chi connectivity index (χ2n) is 7.60. The van der Waals surface area contributed by atoms with Gasteiger partial charge in [0, 0.05) is 5.69 Å². The zero-order valence-corrected chi connectivity index (χ0v) is 18.6. The molecule has 152 valence electrons. The maximum atomic E-state index is 13.1. The molecule has 6 heteroatoms. The van der Waals surface area contributed by atoms with E-state index in [0.29, 0.717) is 10.7 Å². The first-order valence-electron chi connectivity index (χ1n) is 9.65. The van der Waals surface area contributed by atoms with Gasteiger partial charge in [-0.2, -0.15) is 0 Å². The molecule has 4 nitrogen and oxygen atoms in total. The Labute approximate surface area is 185 Å². The summed E-state index contributed by atoms with van der Waals surface area (Å²) in [5.41, 5.74) is 4.55. The number of fused-ring (bicyclic) bond motifs is 1. The summed E-state index contributed by atoms with van der Waals surface area (Å²) in [7, 11) is 0. The van der Waals surface area contributed by atoms with Gasteiger partial charge in [0.2, 0.25) is 5.91 Å². The minimum Gasteiger partial charge on any atom is -0.324 e. The van der Waals surface area contributed by atoms with Crippen LogP contribution in [0.4, 0.5) is 5.69 Å². The molecule has 0 saturated carbocycles. The number of nitrogens with one attached hydrogen (secondary N) is 1. The van der Waals surface area contributed by atoms with Gasteiger partial charge in [0.15, 0.2) is 5.16 Å². The van der Waals surface area contributed by atoms with E-state index in [4.69, 9.17) is 16.6 Å². The molecule has 0 spiro atoms. The van der Waals surface area contributed by atoms with E-state index >= 15 is 0 Å². The average molecular weight is 436 g/mol. The Morgan fingerprint density at radius 1 is 1.03 bits per heavy atom. The summed E-state index contributed by atoms with van der Waals surface area (Å²) in [6.45, 7) is 5.75. The summed E-state index contributed by atoms with van der Waals surface area (Å²) in [5, 5.41) is 4.25. The van der Waals surface area contributed by atoms with Crippen LogP contribution in [0.2, 0.25) is 5.02 Å². The lowest BCUT2D eigenvalue weighted by molar-refractivity contribution is -0.117. The van der Waals surface area contributed by atoms with E-state index in [1.807, 2.05) is 93.6 Å². The number of nitrogens with zero attached hydrogens (tertiary/aromatic N) is 2. The van der Waals surface area contributed by atoms with Crippen molar-refractivity contribution in [1.82, 2.24) is 9.55 Å². The van der Waals surface area contributed by atoms with Crippen molar-refractivity contribution in [3.8, 4) is 5.69 Å². The van der Waals surface area contributed by atoms with Crippen LogP contribution in [0.25, 0.3) is 16.7 Å². The maximum absolute atomic E-state index is 13.1. The van der Waals surface area contributed by atoms with Gasteiger partial charge in [0.1, 0.15) is 0 Å². The third kappa shape index (κ3) is 4.09. The van der Waals surface area contributed by atoms with Crippen molar-refractivity contribution in [3.05, 3.63) is 83.4 Å². The van der Waals surface area contributed by atoms with E-state index in [-0.39, 0.29) is 5.91 Å². The van der Waals surface area contributed by atoms with Crippen LogP contribution in [0.3, 0.4) is 0 Å². The van der Waals surface area contributed by atoms with E-state index in [1.165, 1.54) is 11.8 Å². The highest BCUT2D eigenvalue weighted by molar-refractivity contribution is 8.01. The predicted octanol–water partition coefficient (Wildman–Crippen LogP) is 6.50. The lowest BCUT2D eigenvalue weighted by Gasteiger charge is -2.23. The van der Waals surface area contributed by atoms with Gasteiger partial charge < -0.3 is 5.32 Å². The number of aromatic nitrogens is 2. The van der Waals surface area contributed by atoms with Crippen LogP contribution in [0.15, 0.2) is 78.0 Å². The summed E-state index contributed by atoms with van der Waals surface area (Å²) < 4.78 is 1.32. The van der Waals surface area contributed by atoms with Crippen molar-refractivity contribution >= 4 is 46.0 Å². The molecule has 0 aliphatic rings. The molecule has 0 fully saturated rings. The molecule has 0 aliphatic heterocycles. The molecule has 4 aromatic rings. The van der Waals surface area contributed by atoms with Crippen molar-refractivity contribution < 1.29 is 4.79 Å². The number of hydrogen-bond acceptors (Lipinski definition) is 3. The topological polar surface area (TPSA) is 46.9 Å². The molecule has 1 heterocycles. The number of hydrogen-bond donors (Lipinski definition) is 1. The molecule has 1 aromatic heterocycles. The van der Waals surface area contributed by atoms with E-state index in [1.54, 1.807) is 0 Å². The van der Waals surface area contributed by atoms with Gasteiger partial charge in [-0.3, -0.25) is 9.36 Å². The number of carbonyl (C=O) groups excluding carboxylic acids is 1. The third-order valence-corrected chi connectivity index (χ3v) is 6.28. The van der Waals surface area contributed by atoms with E-state index < -0.39 is 4.75 Å². The lowest BCUT2D eigenvalue weighted by atomic mass is 10.1. The minimum atomic E-state index is -0.776. The standard InChI is InChI=1S/C24H22ClN3OS/c1-16-13-14-19(18(25)15-16)26-22(29)24(2,3)30-23-27-20-11-7-8-12-21(20)28(23)17-9-5-4-6-10-17/h4-15H,1-3H3,(H,26,29). The Morgan fingerprint density at radius 2 is 1.73 bits per heavy atom. The Bertz CT molecular complexity index is 1220. The number of halogens is 1. The van der Waals surface area contributed by atoms with E-state index in [9.17, 15) is 4.79 Å². The van der Waals surface area contributed by atoms with Gasteiger partial charge >= 0.3 is 0 Å². The number of imidazole rings is 1. The molecule has 30 heavy (non-hydrogen) atoms. The van der Waals surface area contributed by atoms with Gasteiger partial charge in [-0.05, 0) is 62.7 Å². The molecule has 4 rings (SSSR count). The average Bonchev–Trinajstić information content (AvgIpc) is 3.07. The molecule has 1 N–H and O–H groups in total. The quantitative estimate of drug-likeness (QED) is 0.364. The number of para-hydroxylation sites is 3. The highest BCUT2D eigenvalue weighted by Gasteiger charge is 2.32. The van der Waals surface area contributed by atoms with Crippen molar-refractivity contribution in [1.29, 1.82) is 0 Å². The Kier molecular flexibility index (Phi) is 5.58. The summed E-state index contributed by atoms with van der Waals surface area (Å²) in [6.07, 6.45) is 0. The Balaban J connectivity index is 1.68. The number of anilines is 1. The van der Waals surface area contributed by atoms with E-state index in [0.717, 1.165) is 27.4 Å². The SMILES string of the molecule is Cc1ccc(NC(=O)C(C)(C)Sc2nc3ccccc3n2-c2ccccc2)c(Cl)c1. The minimum absolute atomic E-state index is 0.134. The fraction of sp³-hybridized carbons (Fsp3) is 0.167. The van der Waals surface area contributed by atoms with Crippen molar-refractivity contribution in [2.24, 2.45) is 0 Å². The van der Waals surface area contributed by atoms with Gasteiger partial charge in [-0.15, -0.1) is 0 Å². The third-order valence-electron chi connectivity index (χ3n) is 4.81. The Morgan fingerprint density at radius 3 is 2.47 bits per heavy atom. The zero-order chi connectivity index (χ0) is 21.3. The molecule has 0 saturated heterocycles. The smallest absolute Gasteiger partial charge is 0.240 e. The Hall–Kier alpha value is -2.76. The van der Waals surface area contributed by atoms with Crippen LogP contribution in [0.1, 0.15) is 19.4 Å². The second-order valence-corrected chi connectivity index (χ2v) is 9.60. The second kappa shape index (κ2) is 8.17. The van der Waals surface area contributed by atoms with Crippen LogP contribution in [0, 0.1) is 6.92 Å². The van der Waals surface area contributed by atoms with Crippen LogP contribution < -0.4 is 5.32 Å². The van der Waals surface area contributed by atoms with Gasteiger partial charge in [0.05, 0.1) is 26.5 Å². The van der Waals surface area contributed by atoms with Gasteiger partial charge in [-0.1, -0.05) is 59.8 Å². The number of benzene rings is 3. The highest BCUT2D eigenvalue weighted by Crippen LogP contribution is 2.37. The number of thioether (sulfide) groups is 1. The predicted molar refractivity (Wildman–Crippen MR) is 126 cm³/mol. The van der Waals surface area contributed by atoms with Crippen molar-refractivity contribution in [3.63, 3.8) is 0 Å². The number of amides is 1. The van der Waals surface area contributed by atoms with Crippen molar-refractivity contribution in [2.45, 2.75) is 30.7 Å². The van der Waals surface area contributed by atoms with Crippen molar-refractivity contribution in [2.75, 3.05) is 5.32 Å². The maximum Gasteiger partial charge on any atom is 0.240 e. The molecule has 0 bridgehead atoms. The summed E-state index contributed by atoms with van der Waals surface area (Å²) in [6, 6.07) is 23.6. The molecule has 0 atom stereocenters. The first kappa shape index (κ1) is 20.5. The number of carbonyl (C=O) groups is 1. The zero-order valence-electron chi connectivity index (χ0n) is 17.0. The summed E-state index contributed by atoms with van der Waals surface area (Å²) in [4.78, 5) is 17.9. The number of aryl methyl sites for hydroxylation is 1. The van der Waals surface area contributed by atoms with Gasteiger partial charge in [-0.25, -0.2) is 4.98 Å². The fourth-order valence-corrected chi connectivity index (χ4v) is 4.49. The van der Waals surface area contributed by atoms with Crippen LogP contribution in [0.5, 0.6) is 0 Å². The van der Waals surface area contributed by atoms with Crippen LogP contribution in [-0.2, 0) is 4.79 Å². The first-order valence-corrected chi connectivity index (χ1v) is 10.8. The summed E-state index contributed by atoms with van der Waals surface area (Å²) >= 11 is 7.73. The van der Waals surface area contributed by atoms with E-state index in [2.05, 4.69) is 9.88 Å². The summed E-state index contributed by atoms with van der Waals surface area (Å²) in [5.74, 6) is -0.134. The molecule has 0 radical (unpaired) electrons.